The summed E-state index contributed by atoms with van der Waals surface area (Å²) < 4.78 is 5.59. The lowest BCUT2D eigenvalue weighted by molar-refractivity contribution is 0.102. The van der Waals surface area contributed by atoms with E-state index in [2.05, 4.69) is 41.4 Å². The Kier molecular flexibility index (Phi) is 5.52. The number of amides is 1. The van der Waals surface area contributed by atoms with Crippen LogP contribution in [0.1, 0.15) is 49.7 Å². The van der Waals surface area contributed by atoms with Gasteiger partial charge in [0.25, 0.3) is 5.91 Å². The maximum Gasteiger partial charge on any atom is 0.274 e. The third-order valence-electron chi connectivity index (χ3n) is 4.42. The van der Waals surface area contributed by atoms with E-state index in [0.717, 1.165) is 30.7 Å². The number of hydrogen-bond acceptors (Lipinski definition) is 5. The van der Waals surface area contributed by atoms with Crippen molar-refractivity contribution in [2.24, 2.45) is 0 Å². The first-order valence-corrected chi connectivity index (χ1v) is 9.02. The third-order valence-corrected chi connectivity index (χ3v) is 4.42. The SMILES string of the molecule is CC(C)(C)c1ccccc1NC(=O)c1cc(NCC2CCCO2)ncn1. The van der Waals surface area contributed by atoms with Crippen LogP contribution in [-0.2, 0) is 10.2 Å². The van der Waals surface area contributed by atoms with Crippen molar-refractivity contribution < 1.29 is 9.53 Å². The van der Waals surface area contributed by atoms with Crippen molar-refractivity contribution in [3.05, 3.63) is 47.9 Å². The van der Waals surface area contributed by atoms with Gasteiger partial charge in [-0.1, -0.05) is 39.0 Å². The molecule has 1 amide bonds. The fraction of sp³-hybridized carbons (Fsp3) is 0.450. The normalized spacial score (nSPS) is 17.1. The number of hydrogen-bond donors (Lipinski definition) is 2. The van der Waals surface area contributed by atoms with Gasteiger partial charge in [-0.25, -0.2) is 9.97 Å². The number of rotatable bonds is 5. The molecule has 1 saturated heterocycles. The zero-order valence-corrected chi connectivity index (χ0v) is 15.6. The number of ether oxygens (including phenoxy) is 1. The zero-order chi connectivity index (χ0) is 18.6. The van der Waals surface area contributed by atoms with Gasteiger partial charge in [0, 0.05) is 24.9 Å². The minimum atomic E-state index is -0.246. The molecule has 6 nitrogen and oxygen atoms in total. The highest BCUT2D eigenvalue weighted by atomic mass is 16.5. The highest BCUT2D eigenvalue weighted by Crippen LogP contribution is 2.29. The number of para-hydroxylation sites is 1. The molecule has 3 rings (SSSR count). The second-order valence-corrected chi connectivity index (χ2v) is 7.55. The number of nitrogens with one attached hydrogen (secondary N) is 2. The van der Waals surface area contributed by atoms with Crippen molar-refractivity contribution in [1.29, 1.82) is 0 Å². The number of carbonyl (C=O) groups is 1. The summed E-state index contributed by atoms with van der Waals surface area (Å²) in [5.41, 5.74) is 2.15. The minimum absolute atomic E-state index is 0.0659. The third kappa shape index (κ3) is 4.58. The summed E-state index contributed by atoms with van der Waals surface area (Å²) in [6.07, 6.45) is 3.76. The van der Waals surface area contributed by atoms with E-state index >= 15 is 0 Å². The van der Waals surface area contributed by atoms with Crippen LogP contribution in [0.15, 0.2) is 36.7 Å². The fourth-order valence-corrected chi connectivity index (χ4v) is 3.03. The summed E-state index contributed by atoms with van der Waals surface area (Å²) in [6.45, 7) is 7.86. The van der Waals surface area contributed by atoms with E-state index in [4.69, 9.17) is 4.74 Å². The lowest BCUT2D eigenvalue weighted by atomic mass is 9.86. The van der Waals surface area contributed by atoms with Gasteiger partial charge >= 0.3 is 0 Å². The molecule has 0 radical (unpaired) electrons. The van der Waals surface area contributed by atoms with Crippen LogP contribution in [0.3, 0.4) is 0 Å². The largest absolute Gasteiger partial charge is 0.376 e. The number of aromatic nitrogens is 2. The molecule has 0 saturated carbocycles. The van der Waals surface area contributed by atoms with Gasteiger partial charge < -0.3 is 15.4 Å². The second kappa shape index (κ2) is 7.83. The van der Waals surface area contributed by atoms with E-state index in [1.807, 2.05) is 24.3 Å². The smallest absolute Gasteiger partial charge is 0.274 e. The maximum atomic E-state index is 12.7. The average Bonchev–Trinajstić information content (AvgIpc) is 3.13. The first-order chi connectivity index (χ1) is 12.4. The number of benzene rings is 1. The minimum Gasteiger partial charge on any atom is -0.376 e. The number of carbonyl (C=O) groups excluding carboxylic acids is 1. The zero-order valence-electron chi connectivity index (χ0n) is 15.6. The molecule has 0 bridgehead atoms. The summed E-state index contributed by atoms with van der Waals surface area (Å²) in [4.78, 5) is 21.0. The Morgan fingerprint density at radius 3 is 2.81 bits per heavy atom. The molecule has 2 aromatic rings. The number of nitrogens with zero attached hydrogens (tertiary/aromatic N) is 2. The predicted molar refractivity (Wildman–Crippen MR) is 103 cm³/mol. The van der Waals surface area contributed by atoms with Gasteiger partial charge in [0.1, 0.15) is 17.8 Å². The molecule has 1 aliphatic rings. The van der Waals surface area contributed by atoms with Crippen LogP contribution in [0.2, 0.25) is 0 Å². The van der Waals surface area contributed by atoms with Crippen LogP contribution in [0.25, 0.3) is 0 Å². The van der Waals surface area contributed by atoms with Gasteiger partial charge in [-0.05, 0) is 29.9 Å². The lowest BCUT2D eigenvalue weighted by Crippen LogP contribution is -2.21. The summed E-state index contributed by atoms with van der Waals surface area (Å²) in [5, 5.41) is 6.20. The maximum absolute atomic E-state index is 12.7. The van der Waals surface area contributed by atoms with Crippen molar-refractivity contribution in [2.75, 3.05) is 23.8 Å². The summed E-state index contributed by atoms with van der Waals surface area (Å²) in [6, 6.07) is 9.51. The van der Waals surface area contributed by atoms with Gasteiger partial charge in [0.15, 0.2) is 0 Å². The molecular formula is C20H26N4O2. The van der Waals surface area contributed by atoms with Crippen LogP contribution in [-0.4, -0.2) is 35.1 Å². The van der Waals surface area contributed by atoms with Gasteiger partial charge in [-0.15, -0.1) is 0 Å². The first-order valence-electron chi connectivity index (χ1n) is 9.02. The van der Waals surface area contributed by atoms with Crippen LogP contribution >= 0.6 is 0 Å². The van der Waals surface area contributed by atoms with E-state index in [1.165, 1.54) is 6.33 Å². The van der Waals surface area contributed by atoms with E-state index in [-0.39, 0.29) is 17.4 Å². The standard InChI is InChI=1S/C20H26N4O2/c1-20(2,3)15-8-4-5-9-16(15)24-19(25)17-11-18(23-13-22-17)21-12-14-7-6-10-26-14/h4-5,8-9,11,13-14H,6-7,10,12H2,1-3H3,(H,24,25)(H,21,22,23). The molecule has 26 heavy (non-hydrogen) atoms. The van der Waals surface area contributed by atoms with Gasteiger partial charge in [0.05, 0.1) is 6.10 Å². The molecular weight excluding hydrogens is 328 g/mol. The predicted octanol–water partition coefficient (Wildman–Crippen LogP) is 3.62. The van der Waals surface area contributed by atoms with Gasteiger partial charge in [-0.2, -0.15) is 0 Å². The van der Waals surface area contributed by atoms with E-state index in [0.29, 0.717) is 18.1 Å². The van der Waals surface area contributed by atoms with Crippen LogP contribution in [0.4, 0.5) is 11.5 Å². The molecule has 0 aliphatic carbocycles. The highest BCUT2D eigenvalue weighted by Gasteiger charge is 2.20. The summed E-state index contributed by atoms with van der Waals surface area (Å²) >= 11 is 0. The number of anilines is 2. The van der Waals surface area contributed by atoms with Crippen molar-refractivity contribution in [3.63, 3.8) is 0 Å². The second-order valence-electron chi connectivity index (χ2n) is 7.55. The Morgan fingerprint density at radius 2 is 2.08 bits per heavy atom. The van der Waals surface area contributed by atoms with E-state index < -0.39 is 0 Å². The molecule has 1 atom stereocenters. The molecule has 138 valence electrons. The molecule has 0 spiro atoms. The fourth-order valence-electron chi connectivity index (χ4n) is 3.03. The van der Waals surface area contributed by atoms with E-state index in [1.54, 1.807) is 6.07 Å². The Balaban J connectivity index is 1.69. The summed E-state index contributed by atoms with van der Waals surface area (Å²) in [5.74, 6) is 0.383. The highest BCUT2D eigenvalue weighted by molar-refractivity contribution is 6.03. The molecule has 1 unspecified atom stereocenters. The van der Waals surface area contributed by atoms with Crippen molar-refractivity contribution >= 4 is 17.4 Å². The average molecular weight is 354 g/mol. The van der Waals surface area contributed by atoms with Gasteiger partial charge in [0.2, 0.25) is 0 Å². The molecule has 1 aromatic heterocycles. The molecule has 2 N–H and O–H groups in total. The Bertz CT molecular complexity index is 764. The Hall–Kier alpha value is -2.47. The van der Waals surface area contributed by atoms with Gasteiger partial charge in [-0.3, -0.25) is 4.79 Å². The quantitative estimate of drug-likeness (QED) is 0.858. The molecule has 1 fully saturated rings. The van der Waals surface area contributed by atoms with Crippen LogP contribution < -0.4 is 10.6 Å². The van der Waals surface area contributed by atoms with Crippen molar-refractivity contribution in [1.82, 2.24) is 9.97 Å². The topological polar surface area (TPSA) is 76.1 Å². The Labute approximate surface area is 154 Å². The van der Waals surface area contributed by atoms with Crippen molar-refractivity contribution in [3.8, 4) is 0 Å². The van der Waals surface area contributed by atoms with Crippen molar-refractivity contribution in [2.45, 2.75) is 45.1 Å². The molecule has 2 heterocycles. The molecule has 1 aliphatic heterocycles. The first kappa shape index (κ1) is 18.3. The lowest BCUT2D eigenvalue weighted by Gasteiger charge is -2.22. The van der Waals surface area contributed by atoms with E-state index in [9.17, 15) is 4.79 Å². The molecule has 1 aromatic carbocycles. The van der Waals surface area contributed by atoms with Crippen LogP contribution in [0.5, 0.6) is 0 Å². The molecule has 6 heteroatoms. The monoisotopic (exact) mass is 354 g/mol. The Morgan fingerprint density at radius 1 is 1.27 bits per heavy atom. The van der Waals surface area contributed by atoms with Crippen LogP contribution in [0, 0.1) is 0 Å². The summed E-state index contributed by atoms with van der Waals surface area (Å²) in [7, 11) is 0.